The van der Waals surface area contributed by atoms with E-state index in [9.17, 15) is 8.78 Å². The molecule has 1 heterocycles. The van der Waals surface area contributed by atoms with Gasteiger partial charge in [0, 0.05) is 22.4 Å². The molecule has 0 saturated carbocycles. The van der Waals surface area contributed by atoms with Gasteiger partial charge in [0.2, 0.25) is 5.95 Å². The molecular formula is C17H13BrF2N4. The Morgan fingerprint density at radius 3 is 2.54 bits per heavy atom. The topological polar surface area (TPSA) is 49.8 Å². The molecule has 2 aromatic carbocycles. The van der Waals surface area contributed by atoms with Crippen LogP contribution in [0.15, 0.2) is 53.1 Å². The average Bonchev–Trinajstić information content (AvgIpc) is 2.54. The fourth-order valence-electron chi connectivity index (χ4n) is 2.05. The number of aryl methyl sites for hydroxylation is 1. The van der Waals surface area contributed by atoms with Gasteiger partial charge >= 0.3 is 0 Å². The molecule has 0 saturated heterocycles. The molecule has 7 heteroatoms. The molecule has 0 aliphatic heterocycles. The Hall–Kier alpha value is -2.54. The molecule has 0 aliphatic rings. The average molecular weight is 391 g/mol. The summed E-state index contributed by atoms with van der Waals surface area (Å²) in [5, 5.41) is 6.02. The van der Waals surface area contributed by atoms with Gasteiger partial charge in [-0.05, 0) is 58.7 Å². The summed E-state index contributed by atoms with van der Waals surface area (Å²) in [6, 6.07) is 11.1. The normalized spacial score (nSPS) is 10.5. The molecule has 3 aromatic rings. The fraction of sp³-hybridized carbons (Fsp3) is 0.0588. The Labute approximate surface area is 146 Å². The van der Waals surface area contributed by atoms with Crippen LogP contribution in [0.1, 0.15) is 5.56 Å². The molecule has 0 spiro atoms. The van der Waals surface area contributed by atoms with Crippen molar-refractivity contribution in [2.75, 3.05) is 10.6 Å². The van der Waals surface area contributed by atoms with Crippen molar-refractivity contribution in [3.05, 3.63) is 70.3 Å². The third-order valence-corrected chi connectivity index (χ3v) is 3.87. The van der Waals surface area contributed by atoms with Crippen LogP contribution in [0.25, 0.3) is 0 Å². The molecule has 24 heavy (non-hydrogen) atoms. The molecule has 4 nitrogen and oxygen atoms in total. The standard InChI is InChI=1S/C17H13BrF2N4/c1-10-2-5-15(12(18)8-10)23-17-21-7-6-16(24-17)22-11-3-4-13(19)14(20)9-11/h2-9H,1H3,(H2,21,22,23,24). The van der Waals surface area contributed by atoms with Gasteiger partial charge in [0.05, 0.1) is 5.69 Å². The molecule has 0 atom stereocenters. The van der Waals surface area contributed by atoms with Crippen LogP contribution < -0.4 is 10.6 Å². The first-order chi connectivity index (χ1) is 11.5. The van der Waals surface area contributed by atoms with E-state index in [1.54, 1.807) is 12.3 Å². The molecule has 1 aromatic heterocycles. The Balaban J connectivity index is 1.79. The minimum atomic E-state index is -0.920. The lowest BCUT2D eigenvalue weighted by Crippen LogP contribution is -2.01. The first-order valence-corrected chi connectivity index (χ1v) is 7.89. The number of anilines is 4. The maximum Gasteiger partial charge on any atom is 0.229 e. The van der Waals surface area contributed by atoms with E-state index in [0.717, 1.165) is 27.9 Å². The van der Waals surface area contributed by atoms with Gasteiger partial charge in [-0.25, -0.2) is 13.8 Å². The fourth-order valence-corrected chi connectivity index (χ4v) is 2.64. The zero-order valence-electron chi connectivity index (χ0n) is 12.6. The van der Waals surface area contributed by atoms with Crippen molar-refractivity contribution in [1.29, 1.82) is 0 Å². The van der Waals surface area contributed by atoms with Gasteiger partial charge in [-0.3, -0.25) is 0 Å². The smallest absolute Gasteiger partial charge is 0.229 e. The Morgan fingerprint density at radius 1 is 0.958 bits per heavy atom. The van der Waals surface area contributed by atoms with Gasteiger partial charge in [-0.15, -0.1) is 0 Å². The molecule has 0 aliphatic carbocycles. The van der Waals surface area contributed by atoms with E-state index < -0.39 is 11.6 Å². The summed E-state index contributed by atoms with van der Waals surface area (Å²) in [7, 11) is 0. The van der Waals surface area contributed by atoms with Crippen LogP contribution in [0.2, 0.25) is 0 Å². The largest absolute Gasteiger partial charge is 0.340 e. The van der Waals surface area contributed by atoms with Crippen LogP contribution >= 0.6 is 15.9 Å². The van der Waals surface area contributed by atoms with Crippen molar-refractivity contribution in [2.24, 2.45) is 0 Å². The monoisotopic (exact) mass is 390 g/mol. The maximum atomic E-state index is 13.3. The highest BCUT2D eigenvalue weighted by Crippen LogP contribution is 2.26. The number of aromatic nitrogens is 2. The number of nitrogens with one attached hydrogen (secondary N) is 2. The Morgan fingerprint density at radius 2 is 1.79 bits per heavy atom. The van der Waals surface area contributed by atoms with Crippen molar-refractivity contribution in [1.82, 2.24) is 9.97 Å². The summed E-state index contributed by atoms with van der Waals surface area (Å²) in [5.74, 6) is -0.973. The van der Waals surface area contributed by atoms with E-state index in [1.807, 2.05) is 25.1 Å². The van der Waals surface area contributed by atoms with E-state index in [1.165, 1.54) is 6.07 Å². The van der Waals surface area contributed by atoms with Gasteiger partial charge in [0.25, 0.3) is 0 Å². The highest BCUT2D eigenvalue weighted by Gasteiger charge is 2.06. The Kier molecular flexibility index (Phi) is 4.71. The molecule has 0 radical (unpaired) electrons. The first-order valence-electron chi connectivity index (χ1n) is 7.09. The predicted octanol–water partition coefficient (Wildman–Crippen LogP) is 5.31. The van der Waals surface area contributed by atoms with Crippen molar-refractivity contribution in [2.45, 2.75) is 6.92 Å². The molecule has 122 valence electrons. The van der Waals surface area contributed by atoms with Gasteiger partial charge in [0.15, 0.2) is 11.6 Å². The first kappa shape index (κ1) is 16.3. The maximum absolute atomic E-state index is 13.3. The third-order valence-electron chi connectivity index (χ3n) is 3.22. The molecule has 3 rings (SSSR count). The van der Waals surface area contributed by atoms with Gasteiger partial charge in [-0.1, -0.05) is 6.07 Å². The summed E-state index contributed by atoms with van der Waals surface area (Å²) in [4.78, 5) is 8.46. The summed E-state index contributed by atoms with van der Waals surface area (Å²) >= 11 is 3.48. The molecule has 2 N–H and O–H groups in total. The van der Waals surface area contributed by atoms with Crippen LogP contribution in [0.4, 0.5) is 31.9 Å². The lowest BCUT2D eigenvalue weighted by Gasteiger charge is -2.10. The van der Waals surface area contributed by atoms with Crippen molar-refractivity contribution < 1.29 is 8.78 Å². The highest BCUT2D eigenvalue weighted by molar-refractivity contribution is 9.10. The second kappa shape index (κ2) is 6.92. The molecular weight excluding hydrogens is 378 g/mol. The van der Waals surface area contributed by atoms with Gasteiger partial charge < -0.3 is 10.6 Å². The second-order valence-corrected chi connectivity index (χ2v) is 5.98. The van der Waals surface area contributed by atoms with E-state index in [-0.39, 0.29) is 0 Å². The zero-order valence-corrected chi connectivity index (χ0v) is 14.2. The van der Waals surface area contributed by atoms with Crippen LogP contribution in [0, 0.1) is 18.6 Å². The van der Waals surface area contributed by atoms with Crippen LogP contribution in [0.5, 0.6) is 0 Å². The van der Waals surface area contributed by atoms with E-state index in [4.69, 9.17) is 0 Å². The summed E-state index contributed by atoms with van der Waals surface area (Å²) < 4.78 is 27.1. The Bertz CT molecular complexity index is 886. The lowest BCUT2D eigenvalue weighted by atomic mass is 10.2. The number of rotatable bonds is 4. The zero-order chi connectivity index (χ0) is 17.1. The predicted molar refractivity (Wildman–Crippen MR) is 93.8 cm³/mol. The van der Waals surface area contributed by atoms with Crippen LogP contribution in [-0.2, 0) is 0 Å². The third kappa shape index (κ3) is 3.86. The van der Waals surface area contributed by atoms with E-state index in [2.05, 4.69) is 36.5 Å². The van der Waals surface area contributed by atoms with Crippen LogP contribution in [0.3, 0.4) is 0 Å². The second-order valence-electron chi connectivity index (χ2n) is 5.13. The minimum absolute atomic E-state index is 0.382. The summed E-state index contributed by atoms with van der Waals surface area (Å²) in [5.41, 5.74) is 2.35. The summed E-state index contributed by atoms with van der Waals surface area (Å²) in [6.07, 6.45) is 1.57. The van der Waals surface area contributed by atoms with Crippen molar-refractivity contribution in [3.8, 4) is 0 Å². The number of hydrogen-bond acceptors (Lipinski definition) is 4. The molecule has 0 fully saturated rings. The van der Waals surface area contributed by atoms with Crippen LogP contribution in [-0.4, -0.2) is 9.97 Å². The van der Waals surface area contributed by atoms with E-state index >= 15 is 0 Å². The van der Waals surface area contributed by atoms with E-state index in [0.29, 0.717) is 17.5 Å². The molecule has 0 unspecified atom stereocenters. The quantitative estimate of drug-likeness (QED) is 0.633. The lowest BCUT2D eigenvalue weighted by molar-refractivity contribution is 0.509. The minimum Gasteiger partial charge on any atom is -0.340 e. The number of benzene rings is 2. The number of halogens is 3. The van der Waals surface area contributed by atoms with Crippen molar-refractivity contribution in [3.63, 3.8) is 0 Å². The van der Waals surface area contributed by atoms with Gasteiger partial charge in [0.1, 0.15) is 5.82 Å². The summed E-state index contributed by atoms with van der Waals surface area (Å²) in [6.45, 7) is 2.00. The highest BCUT2D eigenvalue weighted by atomic mass is 79.9. The van der Waals surface area contributed by atoms with Gasteiger partial charge in [-0.2, -0.15) is 4.98 Å². The SMILES string of the molecule is Cc1ccc(Nc2nccc(Nc3ccc(F)c(F)c3)n2)c(Br)c1. The number of hydrogen-bond donors (Lipinski definition) is 2. The number of nitrogens with zero attached hydrogens (tertiary/aromatic N) is 2. The van der Waals surface area contributed by atoms with Crippen molar-refractivity contribution >= 4 is 39.1 Å². The molecule has 0 amide bonds. The molecule has 0 bridgehead atoms.